The van der Waals surface area contributed by atoms with Crippen molar-refractivity contribution in [2.24, 2.45) is 5.10 Å². The first kappa shape index (κ1) is 15.0. The first-order chi connectivity index (χ1) is 10.0. The molecule has 0 bridgehead atoms. The van der Waals surface area contributed by atoms with Gasteiger partial charge in [-0.1, -0.05) is 0 Å². The third-order valence-corrected chi connectivity index (χ3v) is 2.83. The lowest BCUT2D eigenvalue weighted by atomic mass is 10.1. The Kier molecular flexibility index (Phi) is 4.58. The summed E-state index contributed by atoms with van der Waals surface area (Å²) >= 11 is 0. The number of aliphatic hydroxyl groups is 3. The summed E-state index contributed by atoms with van der Waals surface area (Å²) in [6.45, 7) is 0. The van der Waals surface area contributed by atoms with Gasteiger partial charge in [-0.15, -0.1) is 0 Å². The molecule has 0 aliphatic carbocycles. The van der Waals surface area contributed by atoms with E-state index in [1.54, 1.807) is 0 Å². The van der Waals surface area contributed by atoms with Gasteiger partial charge in [-0.05, 0) is 12.1 Å². The Morgan fingerprint density at radius 2 is 2.10 bits per heavy atom. The fraction of sp³-hybridized carbons (Fsp3) is 0.333. The Morgan fingerprint density at radius 3 is 2.67 bits per heavy atom. The average Bonchev–Trinajstić information content (AvgIpc) is 2.75. The minimum Gasteiger partial charge on any atom is -0.454 e. The zero-order valence-corrected chi connectivity index (χ0v) is 10.7. The van der Waals surface area contributed by atoms with E-state index in [2.05, 4.69) is 20.2 Å². The number of hydrogen-bond donors (Lipinski definition) is 4. The maximum atomic E-state index is 11.6. The molecule has 2 heterocycles. The minimum atomic E-state index is -1.70. The van der Waals surface area contributed by atoms with E-state index in [1.165, 1.54) is 24.5 Å². The number of hydrogen-bond acceptors (Lipinski definition) is 8. The molecule has 9 nitrogen and oxygen atoms in total. The van der Waals surface area contributed by atoms with Gasteiger partial charge < -0.3 is 20.1 Å². The average molecular weight is 295 g/mol. The van der Waals surface area contributed by atoms with E-state index in [9.17, 15) is 24.9 Å². The molecule has 9 heteroatoms. The molecule has 1 aliphatic heterocycles. The lowest BCUT2D eigenvalue weighted by Gasteiger charge is -2.16. The van der Waals surface area contributed by atoms with Crippen LogP contribution in [0.4, 0.5) is 0 Å². The van der Waals surface area contributed by atoms with Gasteiger partial charge in [0.2, 0.25) is 0 Å². The van der Waals surface area contributed by atoms with Crippen molar-refractivity contribution in [1.82, 2.24) is 10.4 Å². The molecule has 1 amide bonds. The lowest BCUT2D eigenvalue weighted by molar-refractivity contribution is -0.149. The van der Waals surface area contributed by atoms with E-state index in [0.717, 1.165) is 6.21 Å². The molecule has 1 aromatic heterocycles. The molecule has 0 unspecified atom stereocenters. The fourth-order valence-corrected chi connectivity index (χ4v) is 1.69. The van der Waals surface area contributed by atoms with Crippen molar-refractivity contribution in [2.75, 3.05) is 0 Å². The van der Waals surface area contributed by atoms with Crippen LogP contribution in [0.5, 0.6) is 0 Å². The van der Waals surface area contributed by atoms with E-state index in [1.807, 2.05) is 0 Å². The van der Waals surface area contributed by atoms with Crippen LogP contribution in [0.2, 0.25) is 0 Å². The summed E-state index contributed by atoms with van der Waals surface area (Å²) in [5, 5.41) is 31.8. The van der Waals surface area contributed by atoms with Crippen molar-refractivity contribution in [2.45, 2.75) is 24.4 Å². The predicted octanol–water partition coefficient (Wildman–Crippen LogP) is -2.19. The normalized spacial score (nSPS) is 26.6. The molecule has 0 spiro atoms. The fourth-order valence-electron chi connectivity index (χ4n) is 1.69. The van der Waals surface area contributed by atoms with Crippen LogP contribution < -0.4 is 5.43 Å². The molecule has 1 aliphatic rings. The standard InChI is InChI=1S/C12H13N3O6/c16-7(10-8(17)9(18)12(20)21-10)5-14-15-11(19)6-1-3-13-4-2-6/h1-5,7-10,16-18H,(H,15,19)/b14-5+/t7-,8+,9-,10+/m0/s1. The number of hydrazone groups is 1. The molecule has 4 atom stereocenters. The first-order valence-corrected chi connectivity index (χ1v) is 5.99. The van der Waals surface area contributed by atoms with E-state index in [0.29, 0.717) is 5.56 Å². The van der Waals surface area contributed by atoms with E-state index < -0.39 is 36.3 Å². The monoisotopic (exact) mass is 295 g/mol. The summed E-state index contributed by atoms with van der Waals surface area (Å²) < 4.78 is 4.59. The van der Waals surface area contributed by atoms with Gasteiger partial charge in [-0.3, -0.25) is 9.78 Å². The Morgan fingerprint density at radius 1 is 1.43 bits per heavy atom. The Balaban J connectivity index is 1.90. The first-order valence-electron chi connectivity index (χ1n) is 5.99. The van der Waals surface area contributed by atoms with Gasteiger partial charge in [0.1, 0.15) is 12.2 Å². The van der Waals surface area contributed by atoms with Gasteiger partial charge in [-0.2, -0.15) is 5.10 Å². The maximum absolute atomic E-state index is 11.6. The molecule has 0 saturated carbocycles. The number of nitrogens with one attached hydrogen (secondary N) is 1. The van der Waals surface area contributed by atoms with Crippen LogP contribution in [0.3, 0.4) is 0 Å². The molecule has 1 aromatic rings. The van der Waals surface area contributed by atoms with Crippen LogP contribution in [0.1, 0.15) is 10.4 Å². The second kappa shape index (κ2) is 6.39. The van der Waals surface area contributed by atoms with Gasteiger partial charge in [-0.25, -0.2) is 10.2 Å². The second-order valence-electron chi connectivity index (χ2n) is 4.28. The number of carbonyl (C=O) groups is 2. The molecular formula is C12H13N3O6. The Labute approximate surface area is 118 Å². The summed E-state index contributed by atoms with van der Waals surface area (Å²) in [4.78, 5) is 26.4. The lowest BCUT2D eigenvalue weighted by Crippen LogP contribution is -2.39. The van der Waals surface area contributed by atoms with Crippen LogP contribution in [-0.4, -0.2) is 62.8 Å². The summed E-state index contributed by atoms with van der Waals surface area (Å²) in [6, 6.07) is 2.94. The van der Waals surface area contributed by atoms with Crippen molar-refractivity contribution in [3.63, 3.8) is 0 Å². The highest BCUT2D eigenvalue weighted by Crippen LogP contribution is 2.18. The molecule has 1 fully saturated rings. The number of aromatic nitrogens is 1. The number of nitrogens with zero attached hydrogens (tertiary/aromatic N) is 2. The quantitative estimate of drug-likeness (QED) is 0.281. The third kappa shape index (κ3) is 3.40. The Bertz CT molecular complexity index is 549. The van der Waals surface area contributed by atoms with Crippen molar-refractivity contribution in [3.05, 3.63) is 30.1 Å². The zero-order chi connectivity index (χ0) is 15.4. The molecule has 0 radical (unpaired) electrons. The van der Waals surface area contributed by atoms with Gasteiger partial charge in [0, 0.05) is 18.0 Å². The summed E-state index contributed by atoms with van der Waals surface area (Å²) in [7, 11) is 0. The third-order valence-electron chi connectivity index (χ3n) is 2.83. The SMILES string of the molecule is O=C(N/N=C/[C@H](O)[C@H]1OC(=O)[C@@H](O)[C@H]1O)c1ccncc1. The number of pyridine rings is 1. The topological polar surface area (TPSA) is 141 Å². The largest absolute Gasteiger partial charge is 0.454 e. The van der Waals surface area contributed by atoms with E-state index in [-0.39, 0.29) is 0 Å². The highest BCUT2D eigenvalue weighted by molar-refractivity contribution is 5.94. The van der Waals surface area contributed by atoms with Crippen LogP contribution >= 0.6 is 0 Å². The van der Waals surface area contributed by atoms with Crippen molar-refractivity contribution in [1.29, 1.82) is 0 Å². The highest BCUT2D eigenvalue weighted by Gasteiger charge is 2.45. The van der Waals surface area contributed by atoms with Crippen molar-refractivity contribution >= 4 is 18.1 Å². The molecular weight excluding hydrogens is 282 g/mol. The number of cyclic esters (lactones) is 1. The molecule has 4 N–H and O–H groups in total. The number of rotatable bonds is 4. The van der Waals surface area contributed by atoms with Gasteiger partial charge in [0.05, 0.1) is 6.21 Å². The number of aliphatic hydroxyl groups excluding tert-OH is 3. The molecule has 0 aromatic carbocycles. The van der Waals surface area contributed by atoms with Gasteiger partial charge >= 0.3 is 5.97 Å². The minimum absolute atomic E-state index is 0.319. The van der Waals surface area contributed by atoms with E-state index >= 15 is 0 Å². The van der Waals surface area contributed by atoms with Crippen molar-refractivity contribution in [3.8, 4) is 0 Å². The molecule has 112 valence electrons. The van der Waals surface area contributed by atoms with Gasteiger partial charge in [0.15, 0.2) is 12.2 Å². The predicted molar refractivity (Wildman–Crippen MR) is 68.1 cm³/mol. The number of carbonyl (C=O) groups excluding carboxylic acids is 2. The zero-order valence-electron chi connectivity index (χ0n) is 10.7. The molecule has 2 rings (SSSR count). The summed E-state index contributed by atoms with van der Waals surface area (Å²) in [6.07, 6.45) is -2.32. The Hall–Kier alpha value is -2.36. The van der Waals surface area contributed by atoms with E-state index in [4.69, 9.17) is 0 Å². The smallest absolute Gasteiger partial charge is 0.338 e. The highest BCUT2D eigenvalue weighted by atomic mass is 16.6. The van der Waals surface area contributed by atoms with Crippen LogP contribution in [-0.2, 0) is 9.53 Å². The number of esters is 1. The van der Waals surface area contributed by atoms with Crippen LogP contribution in [0.15, 0.2) is 29.6 Å². The molecule has 1 saturated heterocycles. The summed E-state index contributed by atoms with van der Waals surface area (Å²) in [5.74, 6) is -1.55. The number of amides is 1. The molecule has 21 heavy (non-hydrogen) atoms. The van der Waals surface area contributed by atoms with Crippen molar-refractivity contribution < 1.29 is 29.6 Å². The second-order valence-corrected chi connectivity index (χ2v) is 4.28. The van der Waals surface area contributed by atoms with Gasteiger partial charge in [0.25, 0.3) is 5.91 Å². The maximum Gasteiger partial charge on any atom is 0.338 e. The summed E-state index contributed by atoms with van der Waals surface area (Å²) in [5.41, 5.74) is 2.47. The van der Waals surface area contributed by atoms with Crippen LogP contribution in [0.25, 0.3) is 0 Å². The van der Waals surface area contributed by atoms with Crippen LogP contribution in [0, 0.1) is 0 Å². The number of ether oxygens (including phenoxy) is 1.